The number of likely N-dealkylation sites (tertiary alicyclic amines) is 1. The fraction of sp³-hybridized carbons (Fsp3) is 0.556. The van der Waals surface area contributed by atoms with E-state index in [0.29, 0.717) is 37.7 Å². The van der Waals surface area contributed by atoms with Crippen molar-refractivity contribution >= 4 is 5.91 Å². The van der Waals surface area contributed by atoms with Gasteiger partial charge in [0.25, 0.3) is 0 Å². The number of carbonyl (C=O) groups is 1. The monoisotopic (exact) mass is 342 g/mol. The predicted molar refractivity (Wildman–Crippen MR) is 95.4 cm³/mol. The summed E-state index contributed by atoms with van der Waals surface area (Å²) in [7, 11) is 0. The molecular formula is C18H26N6O. The summed E-state index contributed by atoms with van der Waals surface area (Å²) in [6.45, 7) is 4.13. The van der Waals surface area contributed by atoms with Gasteiger partial charge in [0.05, 0.1) is 6.54 Å². The smallest absolute Gasteiger partial charge is 0.222 e. The summed E-state index contributed by atoms with van der Waals surface area (Å²) < 4.78 is 0. The van der Waals surface area contributed by atoms with Crippen LogP contribution in [0, 0.1) is 5.92 Å². The van der Waals surface area contributed by atoms with Gasteiger partial charge in [-0.2, -0.15) is 4.80 Å². The van der Waals surface area contributed by atoms with Crippen LogP contribution in [-0.2, 0) is 11.3 Å². The van der Waals surface area contributed by atoms with Crippen LogP contribution in [0.25, 0.3) is 11.4 Å². The molecule has 0 spiro atoms. The van der Waals surface area contributed by atoms with Crippen molar-refractivity contribution in [1.82, 2.24) is 25.1 Å². The van der Waals surface area contributed by atoms with Crippen LogP contribution in [0.3, 0.4) is 0 Å². The van der Waals surface area contributed by atoms with Gasteiger partial charge in [-0.25, -0.2) is 0 Å². The Morgan fingerprint density at radius 3 is 2.88 bits per heavy atom. The highest BCUT2D eigenvalue weighted by Crippen LogP contribution is 2.23. The third-order valence-electron chi connectivity index (χ3n) is 4.91. The van der Waals surface area contributed by atoms with Crippen molar-refractivity contribution in [2.45, 2.75) is 45.2 Å². The number of nitrogens with two attached hydrogens (primary N) is 1. The van der Waals surface area contributed by atoms with E-state index >= 15 is 0 Å². The Morgan fingerprint density at radius 2 is 2.12 bits per heavy atom. The summed E-state index contributed by atoms with van der Waals surface area (Å²) in [5.74, 6) is 1.28. The van der Waals surface area contributed by atoms with Gasteiger partial charge in [0.15, 0.2) is 0 Å². The molecule has 2 atom stereocenters. The van der Waals surface area contributed by atoms with E-state index in [9.17, 15) is 4.79 Å². The zero-order valence-corrected chi connectivity index (χ0v) is 14.7. The maximum Gasteiger partial charge on any atom is 0.222 e. The highest BCUT2D eigenvalue weighted by atomic mass is 16.2. The molecule has 0 radical (unpaired) electrons. The SMILES string of the molecule is C[C@@H]1CCCN(C(=O)CCCn2nnc(-c3ccccc3)n2)[C@H]1CN. The molecule has 1 amide bonds. The highest BCUT2D eigenvalue weighted by molar-refractivity contribution is 5.76. The number of amides is 1. The molecule has 1 saturated heterocycles. The van der Waals surface area contributed by atoms with Gasteiger partial charge in [-0.05, 0) is 30.4 Å². The summed E-state index contributed by atoms with van der Waals surface area (Å²) >= 11 is 0. The van der Waals surface area contributed by atoms with Crippen molar-refractivity contribution in [3.63, 3.8) is 0 Å². The normalized spacial score (nSPS) is 20.6. The molecule has 1 aliphatic rings. The summed E-state index contributed by atoms with van der Waals surface area (Å²) in [6.07, 6.45) is 3.41. The third kappa shape index (κ3) is 4.22. The van der Waals surface area contributed by atoms with Gasteiger partial charge in [0, 0.05) is 31.1 Å². The minimum atomic E-state index is 0.176. The number of tetrazole rings is 1. The minimum Gasteiger partial charge on any atom is -0.338 e. The lowest BCUT2D eigenvalue weighted by molar-refractivity contribution is -0.136. The molecule has 134 valence electrons. The average Bonchev–Trinajstić information content (AvgIpc) is 3.11. The van der Waals surface area contributed by atoms with Gasteiger partial charge >= 0.3 is 0 Å². The molecule has 1 aliphatic heterocycles. The van der Waals surface area contributed by atoms with Crippen LogP contribution in [0.5, 0.6) is 0 Å². The molecule has 0 unspecified atom stereocenters. The maximum absolute atomic E-state index is 12.5. The zero-order valence-electron chi connectivity index (χ0n) is 14.7. The quantitative estimate of drug-likeness (QED) is 0.863. The van der Waals surface area contributed by atoms with Gasteiger partial charge in [-0.3, -0.25) is 4.79 Å². The Kier molecular flexibility index (Phi) is 5.75. The van der Waals surface area contributed by atoms with Crippen molar-refractivity contribution in [1.29, 1.82) is 0 Å². The topological polar surface area (TPSA) is 89.9 Å². The Bertz CT molecular complexity index is 686. The standard InChI is InChI=1S/C18H26N6O/c1-14-7-5-11-23(16(14)13-19)17(25)10-6-12-24-21-18(20-22-24)15-8-3-2-4-9-15/h2-4,8-9,14,16H,5-7,10-13,19H2,1H3/t14-,16+/m1/s1. The van der Waals surface area contributed by atoms with E-state index in [1.807, 2.05) is 35.2 Å². The van der Waals surface area contributed by atoms with Crippen LogP contribution >= 0.6 is 0 Å². The number of rotatable bonds is 6. The molecule has 2 aromatic rings. The van der Waals surface area contributed by atoms with Crippen LogP contribution in [0.2, 0.25) is 0 Å². The van der Waals surface area contributed by atoms with E-state index in [1.165, 1.54) is 0 Å². The summed E-state index contributed by atoms with van der Waals surface area (Å²) in [5, 5.41) is 12.5. The van der Waals surface area contributed by atoms with Crippen molar-refractivity contribution in [3.05, 3.63) is 30.3 Å². The van der Waals surface area contributed by atoms with E-state index < -0.39 is 0 Å². The second-order valence-corrected chi connectivity index (χ2v) is 6.69. The second-order valence-electron chi connectivity index (χ2n) is 6.69. The Labute approximate surface area is 148 Å². The zero-order chi connectivity index (χ0) is 17.6. The number of aromatic nitrogens is 4. The average molecular weight is 342 g/mol. The number of carbonyl (C=O) groups excluding carboxylic acids is 1. The lowest BCUT2D eigenvalue weighted by Crippen LogP contribution is -2.51. The molecule has 0 bridgehead atoms. The Hall–Kier alpha value is -2.28. The summed E-state index contributed by atoms with van der Waals surface area (Å²) in [4.78, 5) is 16.1. The molecule has 1 aromatic carbocycles. The van der Waals surface area contributed by atoms with Gasteiger partial charge in [0.1, 0.15) is 0 Å². The summed E-state index contributed by atoms with van der Waals surface area (Å²) in [6, 6.07) is 9.93. The Morgan fingerprint density at radius 1 is 1.32 bits per heavy atom. The van der Waals surface area contributed by atoms with E-state index in [4.69, 9.17) is 5.73 Å². The first kappa shape index (κ1) is 17.5. The van der Waals surface area contributed by atoms with Crippen LogP contribution in [0.1, 0.15) is 32.6 Å². The fourth-order valence-corrected chi connectivity index (χ4v) is 3.47. The van der Waals surface area contributed by atoms with Gasteiger partial charge in [-0.1, -0.05) is 37.3 Å². The molecule has 3 rings (SSSR count). The lowest BCUT2D eigenvalue weighted by atomic mass is 9.90. The number of nitrogens with zero attached hydrogens (tertiary/aromatic N) is 5. The lowest BCUT2D eigenvalue weighted by Gasteiger charge is -2.39. The first-order valence-corrected chi connectivity index (χ1v) is 9.02. The van der Waals surface area contributed by atoms with Crippen molar-refractivity contribution in [3.8, 4) is 11.4 Å². The van der Waals surface area contributed by atoms with Gasteiger partial charge in [0.2, 0.25) is 11.7 Å². The third-order valence-corrected chi connectivity index (χ3v) is 4.91. The largest absolute Gasteiger partial charge is 0.338 e. The van der Waals surface area contributed by atoms with Crippen molar-refractivity contribution in [2.75, 3.05) is 13.1 Å². The molecule has 1 fully saturated rings. The van der Waals surface area contributed by atoms with Crippen LogP contribution < -0.4 is 5.73 Å². The highest BCUT2D eigenvalue weighted by Gasteiger charge is 2.30. The van der Waals surface area contributed by atoms with E-state index in [0.717, 1.165) is 24.9 Å². The van der Waals surface area contributed by atoms with E-state index in [1.54, 1.807) is 4.80 Å². The Balaban J connectivity index is 1.51. The fourth-order valence-electron chi connectivity index (χ4n) is 3.47. The molecule has 25 heavy (non-hydrogen) atoms. The molecule has 0 saturated carbocycles. The van der Waals surface area contributed by atoms with E-state index in [2.05, 4.69) is 22.3 Å². The second kappa shape index (κ2) is 8.20. The van der Waals surface area contributed by atoms with Crippen LogP contribution in [0.15, 0.2) is 30.3 Å². The molecule has 7 nitrogen and oxygen atoms in total. The minimum absolute atomic E-state index is 0.176. The first-order chi connectivity index (χ1) is 12.2. The number of piperidine rings is 1. The summed E-state index contributed by atoms with van der Waals surface area (Å²) in [5.41, 5.74) is 6.82. The van der Waals surface area contributed by atoms with E-state index in [-0.39, 0.29) is 11.9 Å². The molecule has 0 aliphatic carbocycles. The molecule has 1 aromatic heterocycles. The number of hydrogen-bond acceptors (Lipinski definition) is 5. The first-order valence-electron chi connectivity index (χ1n) is 9.02. The molecule has 2 heterocycles. The van der Waals surface area contributed by atoms with Crippen LogP contribution in [0.4, 0.5) is 0 Å². The molecule has 7 heteroatoms. The molecular weight excluding hydrogens is 316 g/mol. The molecule has 2 N–H and O–H groups in total. The maximum atomic E-state index is 12.5. The number of hydrogen-bond donors (Lipinski definition) is 1. The van der Waals surface area contributed by atoms with Crippen molar-refractivity contribution < 1.29 is 4.79 Å². The van der Waals surface area contributed by atoms with Crippen LogP contribution in [-0.4, -0.2) is 50.1 Å². The number of benzene rings is 1. The van der Waals surface area contributed by atoms with Crippen molar-refractivity contribution in [2.24, 2.45) is 11.7 Å². The predicted octanol–water partition coefficient (Wildman–Crippen LogP) is 1.71. The number of aryl methyl sites for hydroxylation is 1. The van der Waals surface area contributed by atoms with Gasteiger partial charge < -0.3 is 10.6 Å². The van der Waals surface area contributed by atoms with Gasteiger partial charge in [-0.15, -0.1) is 10.2 Å².